The Morgan fingerprint density at radius 3 is 2.79 bits per heavy atom. The number of hydrogen-bond acceptors (Lipinski definition) is 4. The number of aromatic nitrogens is 1. The molecule has 6 nitrogen and oxygen atoms in total. The minimum Gasteiger partial charge on any atom is -0.459 e. The highest BCUT2D eigenvalue weighted by Crippen LogP contribution is 2.15. The molecule has 0 spiro atoms. The smallest absolute Gasteiger partial charge is 0.303 e. The first-order chi connectivity index (χ1) is 6.50. The van der Waals surface area contributed by atoms with Gasteiger partial charge in [-0.1, -0.05) is 0 Å². The van der Waals surface area contributed by atoms with Crippen molar-refractivity contribution in [3.05, 3.63) is 28.1 Å². The lowest BCUT2D eigenvalue weighted by atomic mass is 10.4. The van der Waals surface area contributed by atoms with Crippen molar-refractivity contribution in [1.29, 1.82) is 0 Å². The fourth-order valence-corrected chi connectivity index (χ4v) is 1.01. The first-order valence-electron chi connectivity index (χ1n) is 3.93. The van der Waals surface area contributed by atoms with E-state index in [9.17, 15) is 14.9 Å². The number of rotatable bonds is 3. The lowest BCUT2D eigenvalue weighted by Crippen LogP contribution is -2.02. The highest BCUT2D eigenvalue weighted by atomic mass is 16.6. The maximum Gasteiger partial charge on any atom is 0.303 e. The molecule has 6 heteroatoms. The van der Waals surface area contributed by atoms with Gasteiger partial charge in [-0.25, -0.2) is 0 Å². The largest absolute Gasteiger partial charge is 0.459 e. The van der Waals surface area contributed by atoms with Crippen LogP contribution in [-0.4, -0.2) is 15.5 Å². The molecule has 0 atom stereocenters. The van der Waals surface area contributed by atoms with Gasteiger partial charge in [0.1, 0.15) is 6.61 Å². The zero-order chi connectivity index (χ0) is 10.7. The summed E-state index contributed by atoms with van der Waals surface area (Å²) in [6, 6.07) is 1.38. The number of carbonyl (C=O) groups is 1. The van der Waals surface area contributed by atoms with E-state index in [1.165, 1.54) is 19.2 Å². The number of nitrogens with zero attached hydrogens (tertiary/aromatic N) is 2. The Morgan fingerprint density at radius 1 is 1.71 bits per heavy atom. The molecule has 0 aliphatic carbocycles. The van der Waals surface area contributed by atoms with Gasteiger partial charge >= 0.3 is 5.97 Å². The zero-order valence-corrected chi connectivity index (χ0v) is 7.89. The molecule has 0 saturated carbocycles. The molecule has 14 heavy (non-hydrogen) atoms. The lowest BCUT2D eigenvalue weighted by molar-refractivity contribution is -0.384. The Morgan fingerprint density at radius 2 is 2.36 bits per heavy atom. The van der Waals surface area contributed by atoms with Crippen LogP contribution in [0.25, 0.3) is 0 Å². The van der Waals surface area contributed by atoms with Crippen LogP contribution in [0.15, 0.2) is 12.3 Å². The maximum atomic E-state index is 10.5. The van der Waals surface area contributed by atoms with E-state index in [0.717, 1.165) is 0 Å². The van der Waals surface area contributed by atoms with Gasteiger partial charge in [0.2, 0.25) is 0 Å². The van der Waals surface area contributed by atoms with Gasteiger partial charge in [-0.3, -0.25) is 14.9 Å². The zero-order valence-electron chi connectivity index (χ0n) is 7.89. The summed E-state index contributed by atoms with van der Waals surface area (Å²) in [5.41, 5.74) is 0.585. The van der Waals surface area contributed by atoms with Crippen molar-refractivity contribution in [2.75, 3.05) is 0 Å². The molecule has 0 saturated heterocycles. The predicted molar refractivity (Wildman–Crippen MR) is 47.5 cm³/mol. The van der Waals surface area contributed by atoms with E-state index < -0.39 is 10.9 Å². The van der Waals surface area contributed by atoms with E-state index >= 15 is 0 Å². The minimum atomic E-state index is -0.489. The number of nitro groups is 1. The number of carbonyl (C=O) groups excluding carboxylic acids is 1. The van der Waals surface area contributed by atoms with Gasteiger partial charge < -0.3 is 9.30 Å². The monoisotopic (exact) mass is 198 g/mol. The molecule has 1 aromatic rings. The molecule has 1 aromatic heterocycles. The molecule has 0 aliphatic heterocycles. The summed E-state index contributed by atoms with van der Waals surface area (Å²) >= 11 is 0. The topological polar surface area (TPSA) is 74.4 Å². The fraction of sp³-hybridized carbons (Fsp3) is 0.375. The second kappa shape index (κ2) is 3.91. The molecule has 0 amide bonds. The molecule has 1 heterocycles. The van der Waals surface area contributed by atoms with E-state index in [-0.39, 0.29) is 12.3 Å². The molecule has 0 unspecified atom stereocenters. The van der Waals surface area contributed by atoms with Crippen LogP contribution >= 0.6 is 0 Å². The molecule has 76 valence electrons. The minimum absolute atomic E-state index is 0.00495. The van der Waals surface area contributed by atoms with Crippen LogP contribution < -0.4 is 0 Å². The number of hydrogen-bond donors (Lipinski definition) is 0. The third kappa shape index (κ3) is 2.32. The van der Waals surface area contributed by atoms with Gasteiger partial charge in [-0.2, -0.15) is 0 Å². The summed E-state index contributed by atoms with van der Waals surface area (Å²) < 4.78 is 6.28. The van der Waals surface area contributed by atoms with Crippen LogP contribution in [0.3, 0.4) is 0 Å². The van der Waals surface area contributed by atoms with Crippen molar-refractivity contribution >= 4 is 11.7 Å². The first-order valence-corrected chi connectivity index (χ1v) is 3.93. The van der Waals surface area contributed by atoms with Gasteiger partial charge in [-0.05, 0) is 0 Å². The Balaban J connectivity index is 2.77. The van der Waals surface area contributed by atoms with Crippen molar-refractivity contribution in [3.8, 4) is 0 Å². The maximum absolute atomic E-state index is 10.5. The highest BCUT2D eigenvalue weighted by Gasteiger charge is 2.12. The van der Waals surface area contributed by atoms with Crippen molar-refractivity contribution in [2.24, 2.45) is 7.05 Å². The third-order valence-electron chi connectivity index (χ3n) is 1.73. The van der Waals surface area contributed by atoms with Crippen molar-refractivity contribution in [2.45, 2.75) is 13.5 Å². The molecule has 0 radical (unpaired) electrons. The fourth-order valence-electron chi connectivity index (χ4n) is 1.01. The molecule has 0 aromatic carbocycles. The molecule has 0 bridgehead atoms. The first kappa shape index (κ1) is 10.2. The normalized spacial score (nSPS) is 9.86. The van der Waals surface area contributed by atoms with Crippen molar-refractivity contribution in [1.82, 2.24) is 4.57 Å². The number of aryl methyl sites for hydroxylation is 1. The van der Waals surface area contributed by atoms with E-state index in [2.05, 4.69) is 0 Å². The SMILES string of the molecule is CC(=O)OCc1cc([N+](=O)[O-])cn1C. The van der Waals surface area contributed by atoms with Crippen LogP contribution in [0.4, 0.5) is 5.69 Å². The molecule has 1 rings (SSSR count). The Bertz CT molecular complexity index is 369. The number of ether oxygens (including phenoxy) is 1. The summed E-state index contributed by atoms with van der Waals surface area (Å²) in [5.74, 6) is -0.408. The predicted octanol–water partition coefficient (Wildman–Crippen LogP) is 0.996. The van der Waals surface area contributed by atoms with Crippen LogP contribution in [0.5, 0.6) is 0 Å². The third-order valence-corrected chi connectivity index (χ3v) is 1.73. The van der Waals surface area contributed by atoms with E-state index in [1.807, 2.05) is 0 Å². The van der Waals surface area contributed by atoms with Gasteiger partial charge in [0.15, 0.2) is 0 Å². The number of esters is 1. The van der Waals surface area contributed by atoms with Crippen molar-refractivity contribution < 1.29 is 14.5 Å². The van der Waals surface area contributed by atoms with Gasteiger partial charge in [-0.15, -0.1) is 0 Å². The van der Waals surface area contributed by atoms with Crippen LogP contribution in [0.1, 0.15) is 12.6 Å². The summed E-state index contributed by atoms with van der Waals surface area (Å²) in [5, 5.41) is 10.4. The quantitative estimate of drug-likeness (QED) is 0.412. The summed E-state index contributed by atoms with van der Waals surface area (Å²) in [6.45, 7) is 1.34. The summed E-state index contributed by atoms with van der Waals surface area (Å²) in [6.07, 6.45) is 1.37. The van der Waals surface area contributed by atoms with Gasteiger partial charge in [0.25, 0.3) is 5.69 Å². The Kier molecular flexibility index (Phi) is 2.85. The van der Waals surface area contributed by atoms with E-state index in [4.69, 9.17) is 4.74 Å². The summed E-state index contributed by atoms with van der Waals surface area (Å²) in [7, 11) is 1.66. The lowest BCUT2D eigenvalue weighted by Gasteiger charge is -2.01. The van der Waals surface area contributed by atoms with E-state index in [0.29, 0.717) is 5.69 Å². The molecule has 0 aliphatic rings. The average Bonchev–Trinajstić information content (AvgIpc) is 2.43. The van der Waals surface area contributed by atoms with Crippen molar-refractivity contribution in [3.63, 3.8) is 0 Å². The van der Waals surface area contributed by atoms with Gasteiger partial charge in [0, 0.05) is 20.0 Å². The highest BCUT2D eigenvalue weighted by molar-refractivity contribution is 5.65. The molecule has 0 fully saturated rings. The van der Waals surface area contributed by atoms with E-state index in [1.54, 1.807) is 11.6 Å². The van der Waals surface area contributed by atoms with Crippen LogP contribution in [-0.2, 0) is 23.2 Å². The summed E-state index contributed by atoms with van der Waals surface area (Å²) in [4.78, 5) is 20.4. The Labute approximate surface area is 80.2 Å². The Hall–Kier alpha value is -1.85. The molecular formula is C8H10N2O4. The van der Waals surface area contributed by atoms with Crippen LogP contribution in [0.2, 0.25) is 0 Å². The molecule has 0 N–H and O–H groups in total. The molecular weight excluding hydrogens is 188 g/mol. The second-order valence-electron chi connectivity index (χ2n) is 2.84. The van der Waals surface area contributed by atoms with Gasteiger partial charge in [0.05, 0.1) is 16.8 Å². The van der Waals surface area contributed by atoms with Crippen LogP contribution in [0, 0.1) is 10.1 Å². The average molecular weight is 198 g/mol. The second-order valence-corrected chi connectivity index (χ2v) is 2.84. The standard InChI is InChI=1S/C8H10N2O4/c1-6(11)14-5-8-3-7(10(12)13)4-9(8)2/h3-4H,5H2,1-2H3.